The molecule has 94 valence electrons. The zero-order valence-electron chi connectivity index (χ0n) is 9.70. The molecule has 1 fully saturated rings. The number of hydrogen-bond donors (Lipinski definition) is 0. The highest BCUT2D eigenvalue weighted by atomic mass is 19.3. The first kappa shape index (κ1) is 13.2. The lowest BCUT2D eigenvalue weighted by molar-refractivity contribution is -0.148. The van der Waals surface area contributed by atoms with E-state index in [-0.39, 0.29) is 12.5 Å². The summed E-state index contributed by atoms with van der Waals surface area (Å²) in [6, 6.07) is 0. The minimum absolute atomic E-state index is 0.0125. The van der Waals surface area contributed by atoms with Crippen LogP contribution in [0.15, 0.2) is 0 Å². The number of amides is 1. The van der Waals surface area contributed by atoms with Gasteiger partial charge in [-0.1, -0.05) is 0 Å². The Kier molecular flexibility index (Phi) is 4.07. The van der Waals surface area contributed by atoms with Crippen LogP contribution in [0, 0.1) is 5.92 Å². The number of alkyl halides is 2. The average Bonchev–Trinajstić information content (AvgIpc) is 1.96. The van der Waals surface area contributed by atoms with Crippen molar-refractivity contribution >= 4 is 6.09 Å². The molecule has 1 amide bonds. The summed E-state index contributed by atoms with van der Waals surface area (Å²) in [4.78, 5) is 12.9. The normalized spacial score (nSPS) is 17.5. The van der Waals surface area contributed by atoms with Crippen LogP contribution in [0.3, 0.4) is 0 Å². The molecule has 0 unspecified atom stereocenters. The van der Waals surface area contributed by atoms with Crippen LogP contribution in [-0.2, 0) is 9.47 Å². The molecule has 4 nitrogen and oxygen atoms in total. The van der Waals surface area contributed by atoms with Crippen LogP contribution in [0.2, 0.25) is 0 Å². The lowest BCUT2D eigenvalue weighted by Gasteiger charge is -2.39. The number of likely N-dealkylation sites (tertiary alicyclic amines) is 1. The molecule has 0 atom stereocenters. The van der Waals surface area contributed by atoms with Crippen molar-refractivity contribution in [2.75, 3.05) is 19.7 Å². The molecule has 0 N–H and O–H groups in total. The Hall–Kier alpha value is -0.910. The van der Waals surface area contributed by atoms with Gasteiger partial charge in [-0.25, -0.2) is 4.79 Å². The molecule has 0 aliphatic carbocycles. The fourth-order valence-electron chi connectivity index (χ4n) is 1.36. The molecule has 0 saturated carbocycles. The topological polar surface area (TPSA) is 38.8 Å². The molecule has 6 heteroatoms. The minimum Gasteiger partial charge on any atom is -0.444 e. The van der Waals surface area contributed by atoms with Gasteiger partial charge < -0.3 is 14.4 Å². The van der Waals surface area contributed by atoms with Crippen molar-refractivity contribution < 1.29 is 23.0 Å². The number of carbonyl (C=O) groups excluding carboxylic acids is 1. The minimum atomic E-state index is -2.74. The zero-order valence-corrected chi connectivity index (χ0v) is 9.70. The maximum absolute atomic E-state index is 11.7. The molecule has 1 heterocycles. The molecule has 16 heavy (non-hydrogen) atoms. The third-order valence-electron chi connectivity index (χ3n) is 2.07. The third kappa shape index (κ3) is 4.30. The predicted molar refractivity (Wildman–Crippen MR) is 53.3 cm³/mol. The summed E-state index contributed by atoms with van der Waals surface area (Å²) < 4.78 is 32.7. The summed E-state index contributed by atoms with van der Waals surface area (Å²) >= 11 is 0. The van der Waals surface area contributed by atoms with E-state index < -0.39 is 18.3 Å². The van der Waals surface area contributed by atoms with Crippen LogP contribution < -0.4 is 0 Å². The summed E-state index contributed by atoms with van der Waals surface area (Å²) in [6.07, 6.45) is -0.402. The van der Waals surface area contributed by atoms with E-state index in [1.54, 1.807) is 20.8 Å². The number of halogens is 2. The van der Waals surface area contributed by atoms with Gasteiger partial charge in [-0.2, -0.15) is 8.78 Å². The quantitative estimate of drug-likeness (QED) is 0.754. The highest BCUT2D eigenvalue weighted by Crippen LogP contribution is 2.20. The first-order chi connectivity index (χ1) is 7.28. The van der Waals surface area contributed by atoms with Gasteiger partial charge in [0.05, 0.1) is 6.61 Å². The van der Waals surface area contributed by atoms with Crippen molar-refractivity contribution in [1.29, 1.82) is 0 Å². The molecule has 1 rings (SSSR count). The van der Waals surface area contributed by atoms with Gasteiger partial charge in [-0.05, 0) is 20.8 Å². The van der Waals surface area contributed by atoms with Gasteiger partial charge >= 0.3 is 12.7 Å². The monoisotopic (exact) mass is 237 g/mol. The largest absolute Gasteiger partial charge is 0.444 e. The van der Waals surface area contributed by atoms with Crippen LogP contribution in [0.25, 0.3) is 0 Å². The van der Waals surface area contributed by atoms with Gasteiger partial charge in [0.1, 0.15) is 5.60 Å². The Morgan fingerprint density at radius 3 is 2.44 bits per heavy atom. The number of nitrogens with zero attached hydrogens (tertiary/aromatic N) is 1. The van der Waals surface area contributed by atoms with E-state index in [1.807, 2.05) is 0 Å². The zero-order chi connectivity index (χ0) is 12.3. The molecule has 1 aliphatic heterocycles. The summed E-state index contributed by atoms with van der Waals surface area (Å²) in [7, 11) is 0. The average molecular weight is 237 g/mol. The molecule has 0 bridgehead atoms. The molecule has 0 radical (unpaired) electrons. The van der Waals surface area contributed by atoms with Gasteiger partial charge in [-0.15, -0.1) is 0 Å². The van der Waals surface area contributed by atoms with Crippen molar-refractivity contribution in [1.82, 2.24) is 4.90 Å². The lowest BCUT2D eigenvalue weighted by atomic mass is 10.0. The van der Waals surface area contributed by atoms with Gasteiger partial charge in [0.25, 0.3) is 0 Å². The Balaban J connectivity index is 2.18. The standard InChI is InChI=1S/C10H17F2NO3/c1-10(2,3)16-9(14)13-4-7(5-13)6-15-8(11)12/h7-8H,4-6H2,1-3H3. The van der Waals surface area contributed by atoms with Gasteiger partial charge in [0, 0.05) is 19.0 Å². The molecular weight excluding hydrogens is 220 g/mol. The second-order valence-electron chi connectivity index (χ2n) is 4.85. The van der Waals surface area contributed by atoms with Crippen LogP contribution in [0.1, 0.15) is 20.8 Å². The Morgan fingerprint density at radius 2 is 2.00 bits per heavy atom. The summed E-state index contributed by atoms with van der Waals surface area (Å²) in [5.74, 6) is -0.0125. The second kappa shape index (κ2) is 4.95. The smallest absolute Gasteiger partial charge is 0.410 e. The Bertz CT molecular complexity index is 247. The predicted octanol–water partition coefficient (Wildman–Crippen LogP) is 2.09. The Labute approximate surface area is 93.5 Å². The lowest BCUT2D eigenvalue weighted by Crippen LogP contribution is -2.53. The highest BCUT2D eigenvalue weighted by Gasteiger charge is 2.34. The summed E-state index contributed by atoms with van der Waals surface area (Å²) in [6.45, 7) is 3.42. The number of ether oxygens (including phenoxy) is 2. The summed E-state index contributed by atoms with van der Waals surface area (Å²) in [5.41, 5.74) is -0.526. The van der Waals surface area contributed by atoms with Gasteiger partial charge in [0.15, 0.2) is 0 Å². The molecule has 0 aromatic heterocycles. The fourth-order valence-corrected chi connectivity index (χ4v) is 1.36. The van der Waals surface area contributed by atoms with E-state index in [0.717, 1.165) is 0 Å². The van der Waals surface area contributed by atoms with E-state index in [4.69, 9.17) is 4.74 Å². The maximum Gasteiger partial charge on any atom is 0.410 e. The van der Waals surface area contributed by atoms with Crippen molar-refractivity contribution in [3.63, 3.8) is 0 Å². The van der Waals surface area contributed by atoms with E-state index >= 15 is 0 Å². The van der Waals surface area contributed by atoms with Crippen molar-refractivity contribution in [3.8, 4) is 0 Å². The Morgan fingerprint density at radius 1 is 1.44 bits per heavy atom. The molecule has 0 aromatic rings. The van der Waals surface area contributed by atoms with E-state index in [0.29, 0.717) is 13.1 Å². The van der Waals surface area contributed by atoms with Gasteiger partial charge in [0.2, 0.25) is 0 Å². The van der Waals surface area contributed by atoms with Gasteiger partial charge in [-0.3, -0.25) is 0 Å². The van der Waals surface area contributed by atoms with Crippen molar-refractivity contribution in [3.05, 3.63) is 0 Å². The van der Waals surface area contributed by atoms with Crippen LogP contribution >= 0.6 is 0 Å². The number of carbonyl (C=O) groups is 1. The maximum atomic E-state index is 11.7. The van der Waals surface area contributed by atoms with Crippen LogP contribution in [0.4, 0.5) is 13.6 Å². The third-order valence-corrected chi connectivity index (χ3v) is 2.07. The van der Waals surface area contributed by atoms with E-state index in [9.17, 15) is 13.6 Å². The molecular formula is C10H17F2NO3. The number of rotatable bonds is 3. The summed E-state index contributed by atoms with van der Waals surface area (Å²) in [5, 5.41) is 0. The van der Waals surface area contributed by atoms with E-state index in [2.05, 4.69) is 4.74 Å². The van der Waals surface area contributed by atoms with Crippen LogP contribution in [0.5, 0.6) is 0 Å². The first-order valence-corrected chi connectivity index (χ1v) is 5.15. The molecule has 1 aliphatic rings. The molecule has 0 aromatic carbocycles. The van der Waals surface area contributed by atoms with Crippen molar-refractivity contribution in [2.24, 2.45) is 5.92 Å². The fraction of sp³-hybridized carbons (Fsp3) is 0.900. The second-order valence-corrected chi connectivity index (χ2v) is 4.85. The molecule has 0 spiro atoms. The highest BCUT2D eigenvalue weighted by molar-refractivity contribution is 5.69. The van der Waals surface area contributed by atoms with E-state index in [1.165, 1.54) is 4.90 Å². The number of hydrogen-bond acceptors (Lipinski definition) is 3. The van der Waals surface area contributed by atoms with Crippen LogP contribution in [-0.4, -0.2) is 42.9 Å². The molecule has 1 saturated heterocycles. The van der Waals surface area contributed by atoms with Crippen molar-refractivity contribution in [2.45, 2.75) is 33.0 Å². The first-order valence-electron chi connectivity index (χ1n) is 5.15. The SMILES string of the molecule is CC(C)(C)OC(=O)N1CC(COC(F)F)C1.